The zero-order valence-corrected chi connectivity index (χ0v) is 12.1. The number of halogens is 2. The van der Waals surface area contributed by atoms with Crippen molar-refractivity contribution in [2.24, 2.45) is 0 Å². The molecule has 3 N–H and O–H groups in total. The molecule has 0 saturated heterocycles. The Bertz CT molecular complexity index is 639. The number of benzene rings is 2. The number of nitrogen functional groups attached to an aromatic ring is 1. The van der Waals surface area contributed by atoms with Gasteiger partial charge in [0.05, 0.1) is 29.1 Å². The number of carbonyl (C=O) groups excluding carboxylic acids is 1. The normalized spacial score (nSPS) is 10.2. The Morgan fingerprint density at radius 3 is 2.65 bits per heavy atom. The van der Waals surface area contributed by atoms with E-state index in [4.69, 9.17) is 33.7 Å². The number of para-hydroxylation sites is 1. The average molecular weight is 311 g/mol. The highest BCUT2D eigenvalue weighted by Gasteiger charge is 2.15. The molecule has 104 valence electrons. The summed E-state index contributed by atoms with van der Waals surface area (Å²) in [5.74, 6) is 0.0154. The number of ether oxygens (including phenoxy) is 1. The van der Waals surface area contributed by atoms with Crippen LogP contribution in [0.2, 0.25) is 10.0 Å². The van der Waals surface area contributed by atoms with Gasteiger partial charge in [0, 0.05) is 5.02 Å². The summed E-state index contributed by atoms with van der Waals surface area (Å²) in [6.45, 7) is 0. The first-order valence-electron chi connectivity index (χ1n) is 5.72. The summed E-state index contributed by atoms with van der Waals surface area (Å²) in [5, 5.41) is 3.46. The van der Waals surface area contributed by atoms with Crippen LogP contribution in [-0.4, -0.2) is 13.0 Å². The smallest absolute Gasteiger partial charge is 0.259 e. The van der Waals surface area contributed by atoms with Gasteiger partial charge in [-0.1, -0.05) is 29.3 Å². The first-order chi connectivity index (χ1) is 9.52. The highest BCUT2D eigenvalue weighted by Crippen LogP contribution is 2.30. The summed E-state index contributed by atoms with van der Waals surface area (Å²) in [6, 6.07) is 9.77. The molecule has 0 aliphatic carbocycles. The molecule has 0 unspecified atom stereocenters. The molecule has 4 nitrogen and oxygen atoms in total. The predicted molar refractivity (Wildman–Crippen MR) is 81.8 cm³/mol. The van der Waals surface area contributed by atoms with Crippen molar-refractivity contribution < 1.29 is 9.53 Å². The van der Waals surface area contributed by atoms with Crippen LogP contribution in [-0.2, 0) is 0 Å². The molecule has 0 aliphatic heterocycles. The van der Waals surface area contributed by atoms with Crippen LogP contribution in [0.4, 0.5) is 11.4 Å². The van der Waals surface area contributed by atoms with Crippen LogP contribution in [0, 0.1) is 0 Å². The summed E-state index contributed by atoms with van der Waals surface area (Å²) in [6.07, 6.45) is 0. The largest absolute Gasteiger partial charge is 0.496 e. The first kappa shape index (κ1) is 14.5. The molecule has 0 aliphatic rings. The molecular formula is C14H12Cl2N2O2. The van der Waals surface area contributed by atoms with E-state index in [1.807, 2.05) is 0 Å². The zero-order chi connectivity index (χ0) is 14.7. The van der Waals surface area contributed by atoms with Crippen molar-refractivity contribution in [1.82, 2.24) is 0 Å². The maximum atomic E-state index is 12.3. The fourth-order valence-electron chi connectivity index (χ4n) is 1.71. The molecule has 1 amide bonds. The Hall–Kier alpha value is -1.91. The second kappa shape index (κ2) is 6.03. The van der Waals surface area contributed by atoms with Gasteiger partial charge >= 0.3 is 0 Å². The number of hydrogen-bond donors (Lipinski definition) is 2. The van der Waals surface area contributed by atoms with E-state index >= 15 is 0 Å². The highest BCUT2D eigenvalue weighted by molar-refractivity contribution is 6.35. The van der Waals surface area contributed by atoms with E-state index < -0.39 is 5.91 Å². The molecule has 0 spiro atoms. The molecule has 2 aromatic rings. The van der Waals surface area contributed by atoms with Gasteiger partial charge in [-0.05, 0) is 30.3 Å². The third-order valence-corrected chi connectivity index (χ3v) is 3.24. The molecule has 0 radical (unpaired) electrons. The molecule has 0 fully saturated rings. The van der Waals surface area contributed by atoms with Gasteiger partial charge in [-0.25, -0.2) is 0 Å². The Kier molecular flexibility index (Phi) is 4.37. The van der Waals surface area contributed by atoms with E-state index in [1.165, 1.54) is 13.2 Å². The van der Waals surface area contributed by atoms with Crippen LogP contribution in [0.15, 0.2) is 36.4 Å². The van der Waals surface area contributed by atoms with Crippen LogP contribution in [0.25, 0.3) is 0 Å². The van der Waals surface area contributed by atoms with Crippen molar-refractivity contribution in [2.75, 3.05) is 18.2 Å². The van der Waals surface area contributed by atoms with Crippen molar-refractivity contribution in [2.45, 2.75) is 0 Å². The lowest BCUT2D eigenvalue weighted by atomic mass is 10.1. The van der Waals surface area contributed by atoms with Gasteiger partial charge in [0.15, 0.2) is 0 Å². The van der Waals surface area contributed by atoms with E-state index in [0.29, 0.717) is 32.7 Å². The Balaban J connectivity index is 2.35. The average Bonchev–Trinajstić information content (AvgIpc) is 2.43. The van der Waals surface area contributed by atoms with Gasteiger partial charge in [0.1, 0.15) is 5.75 Å². The quantitative estimate of drug-likeness (QED) is 0.847. The Morgan fingerprint density at radius 1 is 1.25 bits per heavy atom. The van der Waals surface area contributed by atoms with E-state index in [1.54, 1.807) is 30.3 Å². The van der Waals surface area contributed by atoms with Gasteiger partial charge in [-0.2, -0.15) is 0 Å². The fraction of sp³-hybridized carbons (Fsp3) is 0.0714. The minimum Gasteiger partial charge on any atom is -0.496 e. The van der Waals surface area contributed by atoms with E-state index in [9.17, 15) is 4.79 Å². The van der Waals surface area contributed by atoms with Gasteiger partial charge in [-0.15, -0.1) is 0 Å². The second-order valence-electron chi connectivity index (χ2n) is 4.00. The van der Waals surface area contributed by atoms with Gasteiger partial charge in [0.2, 0.25) is 0 Å². The molecule has 0 saturated carbocycles. The van der Waals surface area contributed by atoms with Crippen LogP contribution in [0.3, 0.4) is 0 Å². The summed E-state index contributed by atoms with van der Waals surface area (Å²) in [5.41, 5.74) is 6.84. The van der Waals surface area contributed by atoms with Gasteiger partial charge in [-0.3, -0.25) is 4.79 Å². The van der Waals surface area contributed by atoms with Crippen LogP contribution in [0.5, 0.6) is 5.75 Å². The molecular weight excluding hydrogens is 299 g/mol. The molecule has 0 bridgehead atoms. The van der Waals surface area contributed by atoms with Crippen molar-refractivity contribution in [3.63, 3.8) is 0 Å². The number of nitrogens with one attached hydrogen (secondary N) is 1. The number of rotatable bonds is 3. The molecule has 2 rings (SSSR count). The van der Waals surface area contributed by atoms with Gasteiger partial charge < -0.3 is 15.8 Å². The molecule has 0 aromatic heterocycles. The third-order valence-electron chi connectivity index (χ3n) is 2.69. The van der Waals surface area contributed by atoms with Crippen LogP contribution < -0.4 is 15.8 Å². The maximum Gasteiger partial charge on any atom is 0.259 e. The number of carbonyl (C=O) groups is 1. The highest BCUT2D eigenvalue weighted by atomic mass is 35.5. The lowest BCUT2D eigenvalue weighted by Gasteiger charge is -2.12. The second-order valence-corrected chi connectivity index (χ2v) is 4.85. The van der Waals surface area contributed by atoms with Crippen molar-refractivity contribution in [3.8, 4) is 5.75 Å². The monoisotopic (exact) mass is 310 g/mol. The standard InChI is InChI=1S/C14H12Cl2N2O2/c1-20-12-6-5-8(15)7-9(12)14(19)18-13-10(16)3-2-4-11(13)17/h2-7H,17H2,1H3,(H,18,19). The molecule has 20 heavy (non-hydrogen) atoms. The van der Waals surface area contributed by atoms with Crippen LogP contribution in [0.1, 0.15) is 10.4 Å². The minimum absolute atomic E-state index is 0.305. The van der Waals surface area contributed by atoms with Crippen molar-refractivity contribution >= 4 is 40.5 Å². The van der Waals surface area contributed by atoms with E-state index in [2.05, 4.69) is 5.32 Å². The number of methoxy groups -OCH3 is 1. The summed E-state index contributed by atoms with van der Waals surface area (Å²) < 4.78 is 5.14. The molecule has 0 heterocycles. The summed E-state index contributed by atoms with van der Waals surface area (Å²) in [4.78, 5) is 12.3. The third kappa shape index (κ3) is 2.98. The first-order valence-corrected chi connectivity index (χ1v) is 6.47. The SMILES string of the molecule is COc1ccc(Cl)cc1C(=O)Nc1c(N)cccc1Cl. The number of amides is 1. The van der Waals surface area contributed by atoms with Crippen molar-refractivity contribution in [3.05, 3.63) is 52.0 Å². The number of hydrogen-bond acceptors (Lipinski definition) is 3. The number of anilines is 2. The van der Waals surface area contributed by atoms with E-state index in [-0.39, 0.29) is 0 Å². The Labute approximate surface area is 126 Å². The molecule has 2 aromatic carbocycles. The van der Waals surface area contributed by atoms with E-state index in [0.717, 1.165) is 0 Å². The maximum absolute atomic E-state index is 12.3. The lowest BCUT2D eigenvalue weighted by Crippen LogP contribution is -2.14. The zero-order valence-electron chi connectivity index (χ0n) is 10.6. The van der Waals surface area contributed by atoms with Crippen molar-refractivity contribution in [1.29, 1.82) is 0 Å². The summed E-state index contributed by atoms with van der Waals surface area (Å²) >= 11 is 11.9. The minimum atomic E-state index is -0.399. The molecule has 0 atom stereocenters. The summed E-state index contributed by atoms with van der Waals surface area (Å²) in [7, 11) is 1.48. The lowest BCUT2D eigenvalue weighted by molar-refractivity contribution is 0.102. The van der Waals surface area contributed by atoms with Gasteiger partial charge in [0.25, 0.3) is 5.91 Å². The fourth-order valence-corrected chi connectivity index (χ4v) is 2.11. The predicted octanol–water partition coefficient (Wildman–Crippen LogP) is 3.84. The molecule has 6 heteroatoms. The van der Waals surface area contributed by atoms with Crippen LogP contribution >= 0.6 is 23.2 Å². The topological polar surface area (TPSA) is 64.3 Å². The Morgan fingerprint density at radius 2 is 2.00 bits per heavy atom. The number of nitrogens with two attached hydrogens (primary N) is 1.